The van der Waals surface area contributed by atoms with Crippen LogP contribution in [-0.4, -0.2) is 55.0 Å². The van der Waals surface area contributed by atoms with Gasteiger partial charge in [-0.05, 0) is 37.3 Å². The Morgan fingerprint density at radius 1 is 1.25 bits per heavy atom. The van der Waals surface area contributed by atoms with Crippen molar-refractivity contribution in [2.75, 3.05) is 0 Å². The van der Waals surface area contributed by atoms with Gasteiger partial charge in [-0.25, -0.2) is 9.78 Å². The zero-order chi connectivity index (χ0) is 20.4. The molecule has 3 rings (SSSR count). The molecular formula is C18H18N6O4. The van der Waals surface area contributed by atoms with E-state index in [0.29, 0.717) is 22.6 Å². The van der Waals surface area contributed by atoms with Crippen molar-refractivity contribution in [2.45, 2.75) is 19.1 Å². The van der Waals surface area contributed by atoms with Crippen LogP contribution in [-0.2, 0) is 4.79 Å². The number of nitrogens with two attached hydrogens (primary N) is 1. The second-order valence-corrected chi connectivity index (χ2v) is 6.19. The van der Waals surface area contributed by atoms with Gasteiger partial charge in [0, 0.05) is 11.8 Å². The molecule has 0 bridgehead atoms. The van der Waals surface area contributed by atoms with E-state index in [2.05, 4.69) is 20.3 Å². The van der Waals surface area contributed by atoms with Crippen LogP contribution in [0.1, 0.15) is 22.8 Å². The van der Waals surface area contributed by atoms with Crippen LogP contribution in [0.4, 0.5) is 0 Å². The molecule has 10 heteroatoms. The summed E-state index contributed by atoms with van der Waals surface area (Å²) in [5, 5.41) is 28.2. The minimum absolute atomic E-state index is 0.0585. The fraction of sp³-hybridized carbons (Fsp3) is 0.167. The van der Waals surface area contributed by atoms with Gasteiger partial charge in [-0.15, -0.1) is 0 Å². The normalized spacial score (nSPS) is 13.1. The number of aliphatic hydroxyl groups is 1. The first-order valence-corrected chi connectivity index (χ1v) is 8.28. The van der Waals surface area contributed by atoms with Gasteiger partial charge in [0.15, 0.2) is 11.9 Å². The molecule has 0 aliphatic heterocycles. The number of carboxylic acid groups (broad SMARTS) is 1. The highest BCUT2D eigenvalue weighted by molar-refractivity contribution is 5.98. The summed E-state index contributed by atoms with van der Waals surface area (Å²) >= 11 is 0. The summed E-state index contributed by atoms with van der Waals surface area (Å²) < 4.78 is 0. The number of hydrogen-bond donors (Lipinski definition) is 6. The number of carbonyl (C=O) groups is 2. The number of aromatic amines is 1. The van der Waals surface area contributed by atoms with E-state index in [1.54, 1.807) is 24.3 Å². The lowest BCUT2D eigenvalue weighted by Crippen LogP contribution is -2.47. The van der Waals surface area contributed by atoms with Crippen molar-refractivity contribution in [3.05, 3.63) is 47.7 Å². The number of nitrogen functional groups attached to an aromatic ring is 1. The van der Waals surface area contributed by atoms with E-state index >= 15 is 0 Å². The summed E-state index contributed by atoms with van der Waals surface area (Å²) in [6.45, 7) is 1.28. The highest BCUT2D eigenvalue weighted by Crippen LogP contribution is 2.20. The van der Waals surface area contributed by atoms with E-state index in [4.69, 9.17) is 16.2 Å². The SMILES string of the molecule is C[C@H](O)[C@H](NC(=O)c1ccc(-c2nc3cc(C(=N)N)ccc3[nH]2)nc1)C(=O)O. The van der Waals surface area contributed by atoms with Crippen LogP contribution in [0.2, 0.25) is 0 Å². The van der Waals surface area contributed by atoms with Crippen LogP contribution >= 0.6 is 0 Å². The first kappa shape index (κ1) is 19.0. The number of hydrogen-bond acceptors (Lipinski definition) is 6. The zero-order valence-electron chi connectivity index (χ0n) is 14.8. The average molecular weight is 382 g/mol. The Morgan fingerprint density at radius 2 is 1.96 bits per heavy atom. The molecule has 0 aliphatic carbocycles. The monoisotopic (exact) mass is 382 g/mol. The molecule has 0 radical (unpaired) electrons. The lowest BCUT2D eigenvalue weighted by Gasteiger charge is -2.16. The van der Waals surface area contributed by atoms with Crippen molar-refractivity contribution in [3.63, 3.8) is 0 Å². The Morgan fingerprint density at radius 3 is 2.54 bits per heavy atom. The number of benzene rings is 1. The Hall–Kier alpha value is -3.79. The Labute approximate surface area is 158 Å². The number of carboxylic acids is 1. The predicted octanol–water partition coefficient (Wildman–Crippen LogP) is 0.473. The number of amidine groups is 1. The Bertz CT molecular complexity index is 1060. The number of nitrogens with zero attached hydrogens (tertiary/aromatic N) is 2. The molecule has 2 atom stereocenters. The van der Waals surface area contributed by atoms with Crippen LogP contribution in [0.5, 0.6) is 0 Å². The van der Waals surface area contributed by atoms with Gasteiger partial charge in [0.2, 0.25) is 0 Å². The van der Waals surface area contributed by atoms with Crippen molar-refractivity contribution in [2.24, 2.45) is 5.73 Å². The molecule has 1 aromatic carbocycles. The number of aliphatic hydroxyl groups excluding tert-OH is 1. The van der Waals surface area contributed by atoms with Crippen molar-refractivity contribution < 1.29 is 19.8 Å². The molecule has 0 saturated heterocycles. The van der Waals surface area contributed by atoms with Crippen LogP contribution in [0.15, 0.2) is 36.5 Å². The number of aromatic nitrogens is 3. The fourth-order valence-corrected chi connectivity index (χ4v) is 2.58. The number of fused-ring (bicyclic) bond motifs is 1. The van der Waals surface area contributed by atoms with Gasteiger partial charge in [0.25, 0.3) is 5.91 Å². The van der Waals surface area contributed by atoms with Gasteiger partial charge >= 0.3 is 5.97 Å². The molecule has 0 saturated carbocycles. The van der Waals surface area contributed by atoms with E-state index in [-0.39, 0.29) is 11.4 Å². The van der Waals surface area contributed by atoms with Crippen molar-refractivity contribution in [1.29, 1.82) is 5.41 Å². The molecule has 1 amide bonds. The summed E-state index contributed by atoms with van der Waals surface area (Å²) in [6.07, 6.45) is 0.0453. The quantitative estimate of drug-likeness (QED) is 0.265. The van der Waals surface area contributed by atoms with E-state index in [1.165, 1.54) is 19.2 Å². The van der Waals surface area contributed by atoms with Gasteiger partial charge in [-0.1, -0.05) is 0 Å². The maximum Gasteiger partial charge on any atom is 0.328 e. The first-order valence-electron chi connectivity index (χ1n) is 8.28. The van der Waals surface area contributed by atoms with Gasteiger partial charge in [0.1, 0.15) is 11.5 Å². The van der Waals surface area contributed by atoms with Gasteiger partial charge < -0.3 is 26.2 Å². The lowest BCUT2D eigenvalue weighted by molar-refractivity contribution is -0.141. The zero-order valence-corrected chi connectivity index (χ0v) is 14.8. The minimum Gasteiger partial charge on any atom is -0.480 e. The summed E-state index contributed by atoms with van der Waals surface area (Å²) in [4.78, 5) is 34.9. The number of aliphatic carboxylic acids is 1. The van der Waals surface area contributed by atoms with E-state index in [1.807, 2.05) is 0 Å². The van der Waals surface area contributed by atoms with E-state index in [9.17, 15) is 14.7 Å². The topological polar surface area (TPSA) is 178 Å². The number of pyridine rings is 1. The molecule has 0 spiro atoms. The summed E-state index contributed by atoms with van der Waals surface area (Å²) in [7, 11) is 0. The molecule has 0 aliphatic rings. The third-order valence-corrected chi connectivity index (χ3v) is 4.10. The third-order valence-electron chi connectivity index (χ3n) is 4.10. The highest BCUT2D eigenvalue weighted by Gasteiger charge is 2.25. The molecular weight excluding hydrogens is 364 g/mol. The molecule has 10 nitrogen and oxygen atoms in total. The first-order chi connectivity index (χ1) is 13.3. The smallest absolute Gasteiger partial charge is 0.328 e. The van der Waals surface area contributed by atoms with Crippen LogP contribution in [0.25, 0.3) is 22.6 Å². The number of imidazole rings is 1. The molecule has 2 aromatic heterocycles. The van der Waals surface area contributed by atoms with Crippen LogP contribution in [0.3, 0.4) is 0 Å². The van der Waals surface area contributed by atoms with Crippen LogP contribution in [0, 0.1) is 5.41 Å². The molecule has 144 valence electrons. The van der Waals surface area contributed by atoms with Crippen molar-refractivity contribution >= 4 is 28.7 Å². The number of amides is 1. The maximum atomic E-state index is 12.2. The van der Waals surface area contributed by atoms with Gasteiger partial charge in [0.05, 0.1) is 22.7 Å². The largest absolute Gasteiger partial charge is 0.480 e. The van der Waals surface area contributed by atoms with E-state index in [0.717, 1.165) is 5.52 Å². The second kappa shape index (κ2) is 7.45. The van der Waals surface area contributed by atoms with Crippen LogP contribution < -0.4 is 11.1 Å². The minimum atomic E-state index is -1.42. The molecule has 28 heavy (non-hydrogen) atoms. The number of H-pyrrole nitrogens is 1. The molecule has 3 aromatic rings. The third kappa shape index (κ3) is 3.81. The molecule has 0 unspecified atom stereocenters. The molecule has 0 fully saturated rings. The lowest BCUT2D eigenvalue weighted by atomic mass is 10.1. The highest BCUT2D eigenvalue weighted by atomic mass is 16.4. The summed E-state index contributed by atoms with van der Waals surface area (Å²) in [5.74, 6) is -1.59. The molecule has 7 N–H and O–H groups in total. The predicted molar refractivity (Wildman–Crippen MR) is 101 cm³/mol. The number of carbonyl (C=O) groups excluding carboxylic acids is 1. The standard InChI is InChI=1S/C18H18N6O4/c1-8(25)14(18(27)28)24-17(26)10-3-5-12(21-7-10)16-22-11-4-2-9(15(19)20)6-13(11)23-16/h2-8,14,25H,1H3,(H3,19,20)(H,22,23)(H,24,26)(H,27,28)/t8-,14-/m0/s1. The van der Waals surface area contributed by atoms with Crippen molar-refractivity contribution in [1.82, 2.24) is 20.3 Å². The average Bonchev–Trinajstić information content (AvgIpc) is 3.08. The number of nitrogens with one attached hydrogen (secondary N) is 3. The second-order valence-electron chi connectivity index (χ2n) is 6.19. The molecule has 2 heterocycles. The summed E-state index contributed by atoms with van der Waals surface area (Å²) in [5.41, 5.74) is 8.01. The van der Waals surface area contributed by atoms with E-state index < -0.39 is 24.0 Å². The summed E-state index contributed by atoms with van der Waals surface area (Å²) in [6, 6.07) is 6.77. The maximum absolute atomic E-state index is 12.2. The number of rotatable bonds is 6. The Balaban J connectivity index is 1.82. The van der Waals surface area contributed by atoms with Gasteiger partial charge in [-0.2, -0.15) is 0 Å². The fourth-order valence-electron chi connectivity index (χ4n) is 2.58. The Kier molecular flexibility index (Phi) is 5.05. The van der Waals surface area contributed by atoms with Crippen molar-refractivity contribution in [3.8, 4) is 11.5 Å². The van der Waals surface area contributed by atoms with Gasteiger partial charge in [-0.3, -0.25) is 15.2 Å².